The fraction of sp³-hybridized carbons (Fsp3) is 0.462. The van der Waals surface area contributed by atoms with Crippen LogP contribution in [-0.4, -0.2) is 18.8 Å². The molecule has 1 aromatic carbocycles. The molecule has 0 radical (unpaired) electrons. The van der Waals surface area contributed by atoms with Crippen LogP contribution >= 0.6 is 15.9 Å². The van der Waals surface area contributed by atoms with Crippen molar-refractivity contribution in [2.75, 3.05) is 6.61 Å². The molecule has 0 aliphatic rings. The molecule has 0 saturated carbocycles. The van der Waals surface area contributed by atoms with E-state index < -0.39 is 6.36 Å². The van der Waals surface area contributed by atoms with E-state index in [9.17, 15) is 18.0 Å². The second kappa shape index (κ2) is 7.52. The highest BCUT2D eigenvalue weighted by Gasteiger charge is 2.31. The third-order valence-corrected chi connectivity index (χ3v) is 3.01. The van der Waals surface area contributed by atoms with Crippen LogP contribution in [0.25, 0.3) is 0 Å². The summed E-state index contributed by atoms with van der Waals surface area (Å²) < 4.78 is 45.5. The summed E-state index contributed by atoms with van der Waals surface area (Å²) in [5.74, 6) is 0.241. The van der Waals surface area contributed by atoms with Crippen LogP contribution < -0.4 is 9.47 Å². The Kier molecular flexibility index (Phi) is 6.32. The molecule has 112 valence electrons. The van der Waals surface area contributed by atoms with Crippen molar-refractivity contribution in [3.8, 4) is 11.5 Å². The van der Waals surface area contributed by atoms with Gasteiger partial charge in [-0.3, -0.25) is 4.79 Å². The lowest BCUT2D eigenvalue weighted by atomic mass is 10.2. The predicted molar refractivity (Wildman–Crippen MR) is 70.9 cm³/mol. The molecule has 0 aliphatic heterocycles. The van der Waals surface area contributed by atoms with Gasteiger partial charge in [0.05, 0.1) is 11.1 Å². The zero-order valence-corrected chi connectivity index (χ0v) is 12.4. The zero-order chi connectivity index (χ0) is 15.2. The molecule has 0 amide bonds. The van der Waals surface area contributed by atoms with E-state index in [1.165, 1.54) is 18.2 Å². The zero-order valence-electron chi connectivity index (χ0n) is 10.8. The Morgan fingerprint density at radius 2 is 2.05 bits per heavy atom. The van der Waals surface area contributed by atoms with Gasteiger partial charge >= 0.3 is 6.36 Å². The summed E-state index contributed by atoms with van der Waals surface area (Å²) in [5, 5.41) is 0. The molecule has 0 unspecified atom stereocenters. The van der Waals surface area contributed by atoms with Gasteiger partial charge in [0.15, 0.2) is 0 Å². The number of ketones is 1. The molecule has 0 aromatic heterocycles. The molecule has 0 atom stereocenters. The Morgan fingerprint density at radius 1 is 1.35 bits per heavy atom. The minimum Gasteiger partial charge on any atom is -0.494 e. The normalized spacial score (nSPS) is 11.2. The highest BCUT2D eigenvalue weighted by atomic mass is 79.9. The van der Waals surface area contributed by atoms with E-state index in [1.54, 1.807) is 6.92 Å². The molecule has 1 aromatic rings. The van der Waals surface area contributed by atoms with Crippen LogP contribution in [0.3, 0.4) is 0 Å². The van der Waals surface area contributed by atoms with E-state index in [1.807, 2.05) is 0 Å². The van der Waals surface area contributed by atoms with Crippen molar-refractivity contribution in [1.82, 2.24) is 0 Å². The van der Waals surface area contributed by atoms with Gasteiger partial charge < -0.3 is 9.47 Å². The molecule has 20 heavy (non-hydrogen) atoms. The van der Waals surface area contributed by atoms with E-state index in [-0.39, 0.29) is 16.0 Å². The summed E-state index contributed by atoms with van der Waals surface area (Å²) in [6, 6.07) is 3.94. The molecule has 1 rings (SSSR count). The maximum Gasteiger partial charge on any atom is 0.573 e. The van der Waals surface area contributed by atoms with Crippen molar-refractivity contribution in [2.24, 2.45) is 0 Å². The van der Waals surface area contributed by atoms with Gasteiger partial charge in [0, 0.05) is 12.8 Å². The van der Waals surface area contributed by atoms with Crippen LogP contribution in [0.2, 0.25) is 0 Å². The quantitative estimate of drug-likeness (QED) is 0.677. The van der Waals surface area contributed by atoms with Gasteiger partial charge in [0.1, 0.15) is 17.3 Å². The number of hydrogen-bond acceptors (Lipinski definition) is 3. The van der Waals surface area contributed by atoms with Gasteiger partial charge in [-0.25, -0.2) is 0 Å². The monoisotopic (exact) mass is 354 g/mol. The van der Waals surface area contributed by atoms with Crippen LogP contribution in [0, 0.1) is 0 Å². The third kappa shape index (κ3) is 6.27. The number of alkyl halides is 3. The summed E-state index contributed by atoms with van der Waals surface area (Å²) in [4.78, 5) is 11.1. The van der Waals surface area contributed by atoms with Gasteiger partial charge in [0.25, 0.3) is 0 Å². The first-order chi connectivity index (χ1) is 9.31. The Balaban J connectivity index is 2.49. The summed E-state index contributed by atoms with van der Waals surface area (Å²) in [7, 11) is 0. The van der Waals surface area contributed by atoms with Gasteiger partial charge in [-0.2, -0.15) is 0 Å². The molecule has 0 bridgehead atoms. The minimum atomic E-state index is -4.73. The van der Waals surface area contributed by atoms with Crippen LogP contribution in [-0.2, 0) is 4.79 Å². The first kappa shape index (κ1) is 16.8. The topological polar surface area (TPSA) is 35.5 Å². The largest absolute Gasteiger partial charge is 0.573 e. The fourth-order valence-corrected chi connectivity index (χ4v) is 1.85. The Morgan fingerprint density at radius 3 is 2.60 bits per heavy atom. The maximum atomic E-state index is 12.1. The van der Waals surface area contributed by atoms with Crippen LogP contribution in [0.4, 0.5) is 13.2 Å². The third-order valence-electron chi connectivity index (χ3n) is 2.39. The average Bonchev–Trinajstić information content (AvgIpc) is 2.36. The van der Waals surface area contributed by atoms with Gasteiger partial charge in [-0.05, 0) is 40.5 Å². The van der Waals surface area contributed by atoms with Crippen molar-refractivity contribution in [3.63, 3.8) is 0 Å². The summed E-state index contributed by atoms with van der Waals surface area (Å²) in [6.45, 7) is 2.12. The molecule has 0 heterocycles. The lowest BCUT2D eigenvalue weighted by Gasteiger charge is -2.12. The first-order valence-corrected chi connectivity index (χ1v) is 6.81. The van der Waals surface area contributed by atoms with E-state index in [0.717, 1.165) is 0 Å². The number of hydrogen-bond donors (Lipinski definition) is 0. The number of rotatable bonds is 7. The van der Waals surface area contributed by atoms with E-state index in [4.69, 9.17) is 4.74 Å². The second-order valence-electron chi connectivity index (χ2n) is 3.98. The Labute approximate surface area is 123 Å². The van der Waals surface area contributed by atoms with E-state index in [0.29, 0.717) is 31.6 Å². The molecule has 0 fully saturated rings. The minimum absolute atomic E-state index is 0.150. The van der Waals surface area contributed by atoms with Crippen molar-refractivity contribution < 1.29 is 27.4 Å². The molecule has 7 heteroatoms. The molecule has 0 aliphatic carbocycles. The number of ether oxygens (including phenoxy) is 2. The number of halogens is 4. The SMILES string of the molecule is CCC(=O)CCCOc1ccc(OC(F)(F)F)c(Br)c1. The fourth-order valence-electron chi connectivity index (χ4n) is 1.41. The van der Waals surface area contributed by atoms with E-state index in [2.05, 4.69) is 20.7 Å². The average molecular weight is 355 g/mol. The number of Topliss-reactive ketones (excluding diaryl/α,β-unsaturated/α-hetero) is 1. The molecule has 0 saturated heterocycles. The number of carbonyl (C=O) groups excluding carboxylic acids is 1. The first-order valence-electron chi connectivity index (χ1n) is 6.01. The van der Waals surface area contributed by atoms with E-state index >= 15 is 0 Å². The van der Waals surface area contributed by atoms with Crippen LogP contribution in [0.1, 0.15) is 26.2 Å². The second-order valence-corrected chi connectivity index (χ2v) is 4.84. The lowest BCUT2D eigenvalue weighted by Crippen LogP contribution is -2.17. The molecular weight excluding hydrogens is 341 g/mol. The van der Waals surface area contributed by atoms with Gasteiger partial charge in [-0.1, -0.05) is 6.92 Å². The maximum absolute atomic E-state index is 12.1. The molecule has 3 nitrogen and oxygen atoms in total. The molecule has 0 spiro atoms. The number of benzene rings is 1. The van der Waals surface area contributed by atoms with Gasteiger partial charge in [0.2, 0.25) is 0 Å². The lowest BCUT2D eigenvalue weighted by molar-refractivity contribution is -0.274. The number of carbonyl (C=O) groups is 1. The summed E-state index contributed by atoms with van der Waals surface area (Å²) in [5.41, 5.74) is 0. The molecule has 0 N–H and O–H groups in total. The van der Waals surface area contributed by atoms with Crippen LogP contribution in [0.15, 0.2) is 22.7 Å². The van der Waals surface area contributed by atoms with Crippen molar-refractivity contribution in [3.05, 3.63) is 22.7 Å². The molecular formula is C13H14BrF3O3. The standard InChI is InChI=1S/C13H14BrF3O3/c1-2-9(18)4-3-7-19-10-5-6-12(11(14)8-10)20-13(15,16)17/h5-6,8H,2-4,7H2,1H3. The van der Waals surface area contributed by atoms with Crippen molar-refractivity contribution >= 4 is 21.7 Å². The Bertz CT molecular complexity index is 461. The van der Waals surface area contributed by atoms with Gasteiger partial charge in [-0.15, -0.1) is 13.2 Å². The predicted octanol–water partition coefficient (Wildman–Crippen LogP) is 4.49. The Hall–Kier alpha value is -1.24. The smallest absolute Gasteiger partial charge is 0.494 e. The van der Waals surface area contributed by atoms with Crippen molar-refractivity contribution in [2.45, 2.75) is 32.5 Å². The van der Waals surface area contributed by atoms with Crippen LogP contribution in [0.5, 0.6) is 11.5 Å². The summed E-state index contributed by atoms with van der Waals surface area (Å²) >= 11 is 2.98. The highest BCUT2D eigenvalue weighted by molar-refractivity contribution is 9.10. The van der Waals surface area contributed by atoms with Crippen molar-refractivity contribution in [1.29, 1.82) is 0 Å². The summed E-state index contributed by atoms with van der Waals surface area (Å²) in [6.07, 6.45) is -3.22. The highest BCUT2D eigenvalue weighted by Crippen LogP contribution is 2.33.